The van der Waals surface area contributed by atoms with Crippen molar-refractivity contribution in [3.8, 4) is 0 Å². The fraction of sp³-hybridized carbons (Fsp3) is 0.214. The van der Waals surface area contributed by atoms with Crippen LogP contribution in [0.5, 0.6) is 0 Å². The van der Waals surface area contributed by atoms with Crippen LogP contribution in [0.4, 0.5) is 11.6 Å². The molecule has 0 aliphatic carbocycles. The number of rotatable bonds is 3. The lowest BCUT2D eigenvalue weighted by Gasteiger charge is -2.15. The Hall–Kier alpha value is -2.43. The maximum absolute atomic E-state index is 12.2. The first-order valence-corrected chi connectivity index (χ1v) is 5.95. The lowest BCUT2D eigenvalue weighted by Crippen LogP contribution is -2.20. The highest BCUT2D eigenvalue weighted by atomic mass is 16.1. The third-order valence-corrected chi connectivity index (χ3v) is 2.58. The third kappa shape index (κ3) is 3.07. The number of hydrogen-bond donors (Lipinski definition) is 1. The van der Waals surface area contributed by atoms with Crippen LogP contribution in [-0.4, -0.2) is 30.0 Å². The van der Waals surface area contributed by atoms with E-state index >= 15 is 0 Å². The molecule has 1 amide bonds. The number of nitrogens with one attached hydrogen (secondary N) is 1. The van der Waals surface area contributed by atoms with Gasteiger partial charge in [-0.2, -0.15) is 0 Å². The van der Waals surface area contributed by atoms with Crippen LogP contribution in [0.2, 0.25) is 0 Å². The highest BCUT2D eigenvalue weighted by Crippen LogP contribution is 2.16. The molecular weight excluding hydrogens is 240 g/mol. The number of amides is 1. The van der Waals surface area contributed by atoms with E-state index in [4.69, 9.17) is 0 Å². The van der Waals surface area contributed by atoms with Crippen molar-refractivity contribution >= 4 is 17.5 Å². The van der Waals surface area contributed by atoms with E-state index in [9.17, 15) is 4.79 Å². The van der Waals surface area contributed by atoms with Crippen molar-refractivity contribution < 1.29 is 4.79 Å². The van der Waals surface area contributed by atoms with E-state index in [1.54, 1.807) is 29.3 Å². The average Bonchev–Trinajstić information content (AvgIpc) is 2.38. The molecule has 2 rings (SSSR count). The van der Waals surface area contributed by atoms with Gasteiger partial charge in [-0.1, -0.05) is 6.07 Å². The van der Waals surface area contributed by atoms with Crippen molar-refractivity contribution in [1.82, 2.24) is 9.97 Å². The molecule has 19 heavy (non-hydrogen) atoms. The fourth-order valence-electron chi connectivity index (χ4n) is 1.73. The van der Waals surface area contributed by atoms with Gasteiger partial charge in [-0.15, -0.1) is 0 Å². The summed E-state index contributed by atoms with van der Waals surface area (Å²) in [6, 6.07) is 8.98. The second-order valence-corrected chi connectivity index (χ2v) is 4.39. The molecule has 0 saturated heterocycles. The molecule has 0 saturated carbocycles. The van der Waals surface area contributed by atoms with Crippen LogP contribution in [-0.2, 0) is 0 Å². The van der Waals surface area contributed by atoms with Gasteiger partial charge in [0.1, 0.15) is 11.6 Å². The number of aromatic nitrogens is 2. The molecule has 0 bridgehead atoms. The van der Waals surface area contributed by atoms with Gasteiger partial charge in [-0.25, -0.2) is 9.97 Å². The van der Waals surface area contributed by atoms with Gasteiger partial charge in [0.05, 0.1) is 5.56 Å². The number of aryl methyl sites for hydroxylation is 1. The summed E-state index contributed by atoms with van der Waals surface area (Å²) in [7, 11) is 3.70. The molecule has 0 fully saturated rings. The zero-order chi connectivity index (χ0) is 13.8. The summed E-state index contributed by atoms with van der Waals surface area (Å²) in [4.78, 5) is 22.5. The largest absolute Gasteiger partial charge is 0.362 e. The van der Waals surface area contributed by atoms with E-state index < -0.39 is 0 Å². The number of anilines is 2. The average molecular weight is 256 g/mol. The molecule has 2 heterocycles. The molecule has 0 spiro atoms. The van der Waals surface area contributed by atoms with Gasteiger partial charge in [-0.05, 0) is 31.2 Å². The first-order chi connectivity index (χ1) is 9.08. The van der Waals surface area contributed by atoms with E-state index in [0.29, 0.717) is 17.2 Å². The molecule has 0 aliphatic rings. The van der Waals surface area contributed by atoms with Crippen molar-refractivity contribution in [3.63, 3.8) is 0 Å². The zero-order valence-electron chi connectivity index (χ0n) is 11.2. The number of pyridine rings is 2. The van der Waals surface area contributed by atoms with E-state index in [-0.39, 0.29) is 5.91 Å². The maximum atomic E-state index is 12.2. The molecule has 1 N–H and O–H groups in total. The van der Waals surface area contributed by atoms with Crippen molar-refractivity contribution in [2.75, 3.05) is 24.3 Å². The van der Waals surface area contributed by atoms with Gasteiger partial charge in [0, 0.05) is 26.0 Å². The van der Waals surface area contributed by atoms with E-state index in [2.05, 4.69) is 15.3 Å². The summed E-state index contributed by atoms with van der Waals surface area (Å²) >= 11 is 0. The second kappa shape index (κ2) is 5.48. The van der Waals surface area contributed by atoms with Crippen molar-refractivity contribution in [2.45, 2.75) is 6.92 Å². The lowest BCUT2D eigenvalue weighted by atomic mass is 10.2. The highest BCUT2D eigenvalue weighted by molar-refractivity contribution is 6.07. The molecule has 0 atom stereocenters. The topological polar surface area (TPSA) is 58.1 Å². The minimum atomic E-state index is -0.213. The number of nitrogens with zero attached hydrogens (tertiary/aromatic N) is 3. The van der Waals surface area contributed by atoms with Crippen LogP contribution in [0.3, 0.4) is 0 Å². The first kappa shape index (κ1) is 13.0. The molecular formula is C14H16N4O. The number of carbonyl (C=O) groups is 1. The fourth-order valence-corrected chi connectivity index (χ4v) is 1.73. The van der Waals surface area contributed by atoms with Crippen LogP contribution >= 0.6 is 0 Å². The van der Waals surface area contributed by atoms with Crippen molar-refractivity contribution in [1.29, 1.82) is 0 Å². The van der Waals surface area contributed by atoms with Gasteiger partial charge in [-0.3, -0.25) is 4.79 Å². The number of carbonyl (C=O) groups excluding carboxylic acids is 1. The van der Waals surface area contributed by atoms with Crippen molar-refractivity contribution in [2.24, 2.45) is 0 Å². The summed E-state index contributed by atoms with van der Waals surface area (Å²) in [6.45, 7) is 1.88. The van der Waals surface area contributed by atoms with Crippen LogP contribution in [0.15, 0.2) is 36.5 Å². The van der Waals surface area contributed by atoms with Crippen LogP contribution in [0.1, 0.15) is 16.1 Å². The summed E-state index contributed by atoms with van der Waals surface area (Å²) in [5.74, 6) is 0.959. The molecule has 5 nitrogen and oxygen atoms in total. The van der Waals surface area contributed by atoms with Crippen LogP contribution in [0, 0.1) is 6.92 Å². The molecule has 2 aromatic rings. The van der Waals surface area contributed by atoms with Crippen molar-refractivity contribution in [3.05, 3.63) is 47.8 Å². The van der Waals surface area contributed by atoms with Crippen LogP contribution < -0.4 is 10.2 Å². The minimum absolute atomic E-state index is 0.213. The van der Waals surface area contributed by atoms with E-state index in [1.807, 2.05) is 33.2 Å². The highest BCUT2D eigenvalue weighted by Gasteiger charge is 2.14. The first-order valence-electron chi connectivity index (χ1n) is 5.95. The monoisotopic (exact) mass is 256 g/mol. The van der Waals surface area contributed by atoms with Gasteiger partial charge in [0.2, 0.25) is 0 Å². The Morgan fingerprint density at radius 2 is 2.00 bits per heavy atom. The number of hydrogen-bond acceptors (Lipinski definition) is 4. The second-order valence-electron chi connectivity index (χ2n) is 4.39. The third-order valence-electron chi connectivity index (χ3n) is 2.58. The van der Waals surface area contributed by atoms with Gasteiger partial charge in [0.15, 0.2) is 0 Å². The molecule has 5 heteroatoms. The Morgan fingerprint density at radius 3 is 2.68 bits per heavy atom. The van der Waals surface area contributed by atoms with Gasteiger partial charge >= 0.3 is 0 Å². The normalized spacial score (nSPS) is 10.1. The van der Waals surface area contributed by atoms with Gasteiger partial charge < -0.3 is 10.2 Å². The Bertz CT molecular complexity index is 596. The standard InChI is InChI=1S/C14H16N4O/c1-10-6-4-8-12(16-10)17-14(19)11-7-5-9-15-13(11)18(2)3/h4-9H,1-3H3,(H,16,17,19). The Balaban J connectivity index is 2.25. The summed E-state index contributed by atoms with van der Waals surface area (Å²) in [6.07, 6.45) is 1.66. The van der Waals surface area contributed by atoms with E-state index in [1.165, 1.54) is 0 Å². The smallest absolute Gasteiger partial charge is 0.260 e. The quantitative estimate of drug-likeness (QED) is 0.913. The molecule has 0 aliphatic heterocycles. The lowest BCUT2D eigenvalue weighted by molar-refractivity contribution is 0.102. The molecule has 2 aromatic heterocycles. The molecule has 0 aromatic carbocycles. The predicted molar refractivity (Wildman–Crippen MR) is 75.5 cm³/mol. The maximum Gasteiger partial charge on any atom is 0.260 e. The Morgan fingerprint density at radius 1 is 1.21 bits per heavy atom. The summed E-state index contributed by atoms with van der Waals surface area (Å²) in [5, 5.41) is 2.78. The Labute approximate surface area is 112 Å². The van der Waals surface area contributed by atoms with Crippen LogP contribution in [0.25, 0.3) is 0 Å². The molecule has 0 radical (unpaired) electrons. The minimum Gasteiger partial charge on any atom is -0.362 e. The summed E-state index contributed by atoms with van der Waals surface area (Å²) < 4.78 is 0. The van der Waals surface area contributed by atoms with Gasteiger partial charge in [0.25, 0.3) is 5.91 Å². The molecule has 98 valence electrons. The zero-order valence-corrected chi connectivity index (χ0v) is 11.2. The van der Waals surface area contributed by atoms with E-state index in [0.717, 1.165) is 5.69 Å². The predicted octanol–water partition coefficient (Wildman–Crippen LogP) is 2.10. The summed E-state index contributed by atoms with van der Waals surface area (Å²) in [5.41, 5.74) is 1.38. The Kier molecular flexibility index (Phi) is 3.75. The molecule has 0 unspecified atom stereocenters. The SMILES string of the molecule is Cc1cccc(NC(=O)c2cccnc2N(C)C)n1.